The van der Waals surface area contributed by atoms with Crippen molar-refractivity contribution < 1.29 is 9.85 Å². The highest BCUT2D eigenvalue weighted by molar-refractivity contribution is 6.23. The van der Waals surface area contributed by atoms with Gasteiger partial charge in [-0.1, -0.05) is 0 Å². The van der Waals surface area contributed by atoms with Crippen molar-refractivity contribution >= 4 is 44.0 Å². The summed E-state index contributed by atoms with van der Waals surface area (Å²) in [6.45, 7) is 0. The Hall–Kier alpha value is -3.82. The van der Waals surface area contributed by atoms with Crippen LogP contribution in [0, 0.1) is 20.2 Å². The predicted octanol–water partition coefficient (Wildman–Crippen LogP) is 1.78. The molecule has 24 heavy (non-hydrogen) atoms. The summed E-state index contributed by atoms with van der Waals surface area (Å²) in [5.74, 6) is 0. The molecule has 0 saturated heterocycles. The van der Waals surface area contributed by atoms with Crippen LogP contribution in [0.1, 0.15) is 0 Å². The zero-order chi connectivity index (χ0) is 17.2. The summed E-state index contributed by atoms with van der Waals surface area (Å²) in [6, 6.07) is 4.74. The second kappa shape index (κ2) is 4.35. The summed E-state index contributed by atoms with van der Waals surface area (Å²) in [7, 11) is 0. The Kier molecular flexibility index (Phi) is 2.50. The monoisotopic (exact) mass is 326 g/mol. The molecule has 118 valence electrons. The van der Waals surface area contributed by atoms with Crippen LogP contribution in [0.3, 0.4) is 0 Å². The maximum absolute atomic E-state index is 12.3. The number of nitro benzene ring substituents is 2. The first-order chi connectivity index (χ1) is 11.4. The summed E-state index contributed by atoms with van der Waals surface area (Å²) >= 11 is 0. The lowest BCUT2D eigenvalue weighted by Gasteiger charge is -2.09. The third-order valence-electron chi connectivity index (χ3n) is 3.98. The van der Waals surface area contributed by atoms with Crippen LogP contribution in [0.5, 0.6) is 0 Å². The Morgan fingerprint density at radius 2 is 1.08 bits per heavy atom. The summed E-state index contributed by atoms with van der Waals surface area (Å²) in [4.78, 5) is 50.4. The van der Waals surface area contributed by atoms with Crippen molar-refractivity contribution in [3.63, 3.8) is 0 Å². The fraction of sp³-hybridized carbons (Fsp3) is 0. The number of nitrogens with zero attached hydrogens (tertiary/aromatic N) is 2. The number of hydrogen-bond donors (Lipinski definition) is 2. The molecule has 0 unspecified atom stereocenters. The van der Waals surface area contributed by atoms with Crippen LogP contribution >= 0.6 is 0 Å². The maximum Gasteiger partial charge on any atom is 0.293 e. The fourth-order valence-corrected chi connectivity index (χ4v) is 3.00. The van der Waals surface area contributed by atoms with Gasteiger partial charge in [0.05, 0.1) is 20.6 Å². The Morgan fingerprint density at radius 3 is 1.42 bits per heavy atom. The zero-order valence-electron chi connectivity index (χ0n) is 11.7. The van der Waals surface area contributed by atoms with Gasteiger partial charge in [-0.25, -0.2) is 0 Å². The standard InChI is InChI=1S/C14H6N4O6/c19-13-5-1-3-7(17(21)22)11-9(5)10-6(14(20)16-11)2-4-8(18(23)24)12(10)15-13/h1-4H,(H,15,19)(H,16,20). The highest BCUT2D eigenvalue weighted by atomic mass is 16.6. The molecule has 0 bridgehead atoms. The molecule has 4 rings (SSSR count). The van der Waals surface area contributed by atoms with Crippen LogP contribution in [0.25, 0.3) is 32.6 Å². The molecule has 4 aromatic rings. The molecule has 0 aliphatic heterocycles. The molecule has 0 aliphatic carbocycles. The largest absolute Gasteiger partial charge is 0.316 e. The van der Waals surface area contributed by atoms with E-state index in [2.05, 4.69) is 9.97 Å². The van der Waals surface area contributed by atoms with Crippen molar-refractivity contribution in [2.75, 3.05) is 0 Å². The van der Waals surface area contributed by atoms with Gasteiger partial charge in [0.25, 0.3) is 22.5 Å². The van der Waals surface area contributed by atoms with Crippen molar-refractivity contribution in [3.8, 4) is 0 Å². The lowest BCUT2D eigenvalue weighted by Crippen LogP contribution is -2.14. The average molecular weight is 326 g/mol. The third kappa shape index (κ3) is 1.59. The van der Waals surface area contributed by atoms with Crippen molar-refractivity contribution in [3.05, 3.63) is 65.2 Å². The molecule has 2 aromatic carbocycles. The van der Waals surface area contributed by atoms with Gasteiger partial charge in [-0.15, -0.1) is 0 Å². The van der Waals surface area contributed by atoms with E-state index >= 15 is 0 Å². The molecule has 2 heterocycles. The number of aromatic amines is 2. The topological polar surface area (TPSA) is 152 Å². The SMILES string of the molecule is O=c1[nH]c2c([N+](=O)[O-])ccc3c(=O)[nH]c4c([N+](=O)[O-])ccc1c4c23. The van der Waals surface area contributed by atoms with Crippen molar-refractivity contribution in [1.29, 1.82) is 0 Å². The molecule has 0 aliphatic rings. The van der Waals surface area contributed by atoms with Gasteiger partial charge >= 0.3 is 0 Å². The van der Waals surface area contributed by atoms with Crippen LogP contribution in [0.15, 0.2) is 33.9 Å². The van der Waals surface area contributed by atoms with Crippen molar-refractivity contribution in [2.24, 2.45) is 0 Å². The molecular formula is C14H6N4O6. The van der Waals surface area contributed by atoms with Crippen molar-refractivity contribution in [2.45, 2.75) is 0 Å². The number of hydrogen-bond acceptors (Lipinski definition) is 6. The number of nitro groups is 2. The maximum atomic E-state index is 12.3. The minimum Gasteiger partial charge on any atom is -0.316 e. The van der Waals surface area contributed by atoms with Crippen LogP contribution in [0.4, 0.5) is 11.4 Å². The normalized spacial score (nSPS) is 11.5. The van der Waals surface area contributed by atoms with E-state index in [-0.39, 0.29) is 44.0 Å². The van der Waals surface area contributed by atoms with Gasteiger partial charge in [-0.2, -0.15) is 0 Å². The lowest BCUT2D eigenvalue weighted by molar-refractivity contribution is -0.383. The minimum absolute atomic E-state index is 0.102. The summed E-state index contributed by atoms with van der Waals surface area (Å²) in [5, 5.41) is 22.9. The van der Waals surface area contributed by atoms with Crippen molar-refractivity contribution in [1.82, 2.24) is 9.97 Å². The van der Waals surface area contributed by atoms with Crippen LogP contribution < -0.4 is 11.1 Å². The van der Waals surface area contributed by atoms with E-state index in [1.165, 1.54) is 12.1 Å². The van der Waals surface area contributed by atoms with Crippen LogP contribution in [-0.4, -0.2) is 19.8 Å². The molecule has 2 N–H and O–H groups in total. The quantitative estimate of drug-likeness (QED) is 0.325. The smallest absolute Gasteiger partial charge is 0.293 e. The second-order valence-electron chi connectivity index (χ2n) is 5.19. The summed E-state index contributed by atoms with van der Waals surface area (Å²) < 4.78 is 0. The highest BCUT2D eigenvalue weighted by Crippen LogP contribution is 2.36. The van der Waals surface area contributed by atoms with Crippen LogP contribution in [0.2, 0.25) is 0 Å². The molecule has 0 saturated carbocycles. The first-order valence-corrected chi connectivity index (χ1v) is 6.66. The number of nitrogens with one attached hydrogen (secondary N) is 2. The Labute approximate surface area is 130 Å². The third-order valence-corrected chi connectivity index (χ3v) is 3.98. The van der Waals surface area contributed by atoms with Gasteiger partial charge in [-0.3, -0.25) is 29.8 Å². The van der Waals surface area contributed by atoms with Gasteiger partial charge in [0.1, 0.15) is 11.0 Å². The molecule has 10 nitrogen and oxygen atoms in total. The highest BCUT2D eigenvalue weighted by Gasteiger charge is 2.24. The molecule has 0 fully saturated rings. The number of aromatic nitrogens is 2. The van der Waals surface area contributed by atoms with E-state index in [0.717, 1.165) is 12.1 Å². The van der Waals surface area contributed by atoms with Gasteiger partial charge < -0.3 is 9.97 Å². The molecule has 0 amide bonds. The summed E-state index contributed by atoms with van der Waals surface area (Å²) in [6.07, 6.45) is 0. The van der Waals surface area contributed by atoms with Gasteiger partial charge in [0.2, 0.25) is 0 Å². The van der Waals surface area contributed by atoms with E-state index < -0.39 is 21.0 Å². The molecular weight excluding hydrogens is 320 g/mol. The Bertz CT molecular complexity index is 1200. The number of non-ortho nitro benzene ring substituents is 2. The van der Waals surface area contributed by atoms with Gasteiger partial charge in [0.15, 0.2) is 0 Å². The van der Waals surface area contributed by atoms with Gasteiger partial charge in [-0.05, 0) is 12.1 Å². The first kappa shape index (κ1) is 13.8. The molecule has 10 heteroatoms. The number of benzene rings is 2. The Morgan fingerprint density at radius 1 is 0.708 bits per heavy atom. The Balaban J connectivity index is 2.46. The fourth-order valence-electron chi connectivity index (χ4n) is 3.00. The number of rotatable bonds is 2. The second-order valence-corrected chi connectivity index (χ2v) is 5.19. The number of pyridine rings is 2. The molecule has 0 spiro atoms. The molecule has 0 radical (unpaired) electrons. The zero-order valence-corrected chi connectivity index (χ0v) is 11.7. The predicted molar refractivity (Wildman–Crippen MR) is 84.7 cm³/mol. The average Bonchev–Trinajstić information content (AvgIpc) is 2.53. The van der Waals surface area contributed by atoms with Gasteiger partial charge in [0, 0.05) is 22.9 Å². The molecule has 0 atom stereocenters. The van der Waals surface area contributed by atoms with E-state index in [1.807, 2.05) is 0 Å². The lowest BCUT2D eigenvalue weighted by atomic mass is 9.99. The number of H-pyrrole nitrogens is 2. The van der Waals surface area contributed by atoms with E-state index in [9.17, 15) is 29.8 Å². The van der Waals surface area contributed by atoms with E-state index in [0.29, 0.717) is 0 Å². The minimum atomic E-state index is -0.690. The first-order valence-electron chi connectivity index (χ1n) is 6.66. The van der Waals surface area contributed by atoms with Crippen LogP contribution in [-0.2, 0) is 0 Å². The molecule has 2 aromatic heterocycles. The van der Waals surface area contributed by atoms with E-state index in [1.54, 1.807) is 0 Å². The van der Waals surface area contributed by atoms with E-state index in [4.69, 9.17) is 0 Å². The summed E-state index contributed by atoms with van der Waals surface area (Å²) in [5.41, 5.74) is -2.31.